The highest BCUT2D eigenvalue weighted by Crippen LogP contribution is 2.41. The number of carbonyl (C=O) groups excluding carboxylic acids is 1. The number of pyridine rings is 1. The molecule has 1 saturated heterocycles. The molecule has 1 N–H and O–H groups in total. The number of likely N-dealkylation sites (tertiary alicyclic amines) is 1. The van der Waals surface area contributed by atoms with E-state index in [-0.39, 0.29) is 5.91 Å². The Balaban J connectivity index is 1.23. The van der Waals surface area contributed by atoms with Crippen molar-refractivity contribution in [1.29, 1.82) is 0 Å². The van der Waals surface area contributed by atoms with Crippen LogP contribution in [-0.4, -0.2) is 28.9 Å². The number of thiophene rings is 1. The van der Waals surface area contributed by atoms with Crippen LogP contribution in [0.25, 0.3) is 11.6 Å². The lowest BCUT2D eigenvalue weighted by molar-refractivity contribution is -0.125. The molecule has 1 fully saturated rings. The molecule has 0 saturated carbocycles. The van der Waals surface area contributed by atoms with Gasteiger partial charge in [0.1, 0.15) is 5.82 Å². The average molecular weight is 390 g/mol. The minimum Gasteiger partial charge on any atom is -0.344 e. The molecular formula is C23H23N3OS. The number of amides is 1. The highest BCUT2D eigenvalue weighted by Gasteiger charge is 2.37. The molecule has 142 valence electrons. The largest absolute Gasteiger partial charge is 0.344 e. The van der Waals surface area contributed by atoms with Crippen LogP contribution in [-0.2, 0) is 11.2 Å². The number of allylic oxidation sites excluding steroid dienone is 2. The second-order valence-electron chi connectivity index (χ2n) is 7.91. The second-order valence-corrected chi connectivity index (χ2v) is 8.69. The Morgan fingerprint density at radius 1 is 1.36 bits per heavy atom. The second kappa shape index (κ2) is 7.06. The molecule has 1 amide bonds. The standard InChI is InChI=1S/C23H23N3OS/c1-15-2-4-17-8-16(11-24-23(17)25-15)3-5-22(27)26-12-20-9-19(10-21(20)13-26)18-6-7-28-14-18/h3,5-9,11,14,20-21H,1-2,4,10,12-13H2,(H,24,25)/b5-3+/t20-,21+/m0/s1. The van der Waals surface area contributed by atoms with Gasteiger partial charge in [-0.15, -0.1) is 0 Å². The zero-order chi connectivity index (χ0) is 19.1. The van der Waals surface area contributed by atoms with Crippen LogP contribution < -0.4 is 5.32 Å². The van der Waals surface area contributed by atoms with Gasteiger partial charge in [0.05, 0.1) is 0 Å². The van der Waals surface area contributed by atoms with Crippen molar-refractivity contribution in [2.75, 3.05) is 18.4 Å². The van der Waals surface area contributed by atoms with Gasteiger partial charge in [0, 0.05) is 31.1 Å². The van der Waals surface area contributed by atoms with Gasteiger partial charge in [-0.25, -0.2) is 4.98 Å². The molecule has 2 aromatic heterocycles. The lowest BCUT2D eigenvalue weighted by atomic mass is 9.99. The zero-order valence-corrected chi connectivity index (χ0v) is 16.5. The van der Waals surface area contributed by atoms with Gasteiger partial charge < -0.3 is 10.2 Å². The van der Waals surface area contributed by atoms with Crippen LogP contribution in [0.3, 0.4) is 0 Å². The van der Waals surface area contributed by atoms with Gasteiger partial charge >= 0.3 is 0 Å². The van der Waals surface area contributed by atoms with E-state index in [4.69, 9.17) is 0 Å². The fourth-order valence-corrected chi connectivity index (χ4v) is 5.14. The maximum atomic E-state index is 12.7. The summed E-state index contributed by atoms with van der Waals surface area (Å²) in [6, 6.07) is 4.31. The van der Waals surface area contributed by atoms with Gasteiger partial charge in [0.25, 0.3) is 0 Å². The number of carbonyl (C=O) groups is 1. The molecule has 0 spiro atoms. The van der Waals surface area contributed by atoms with Crippen LogP contribution in [0.4, 0.5) is 5.82 Å². The number of hydrogen-bond donors (Lipinski definition) is 1. The van der Waals surface area contributed by atoms with Crippen molar-refractivity contribution in [2.24, 2.45) is 11.8 Å². The summed E-state index contributed by atoms with van der Waals surface area (Å²) in [5, 5.41) is 7.57. The number of hydrogen-bond acceptors (Lipinski definition) is 4. The summed E-state index contributed by atoms with van der Waals surface area (Å²) in [4.78, 5) is 19.1. The Kier molecular flexibility index (Phi) is 4.40. The van der Waals surface area contributed by atoms with E-state index < -0.39 is 0 Å². The van der Waals surface area contributed by atoms with Gasteiger partial charge in [0.2, 0.25) is 5.91 Å². The average Bonchev–Trinajstić information content (AvgIpc) is 3.41. The molecule has 2 aromatic rings. The predicted octanol–water partition coefficient (Wildman–Crippen LogP) is 4.59. The lowest BCUT2D eigenvalue weighted by Crippen LogP contribution is -2.27. The normalized spacial score (nSPS) is 23.5. The summed E-state index contributed by atoms with van der Waals surface area (Å²) in [6.07, 6.45) is 10.7. The van der Waals surface area contributed by atoms with E-state index in [0.29, 0.717) is 11.8 Å². The minimum atomic E-state index is 0.101. The maximum Gasteiger partial charge on any atom is 0.246 e. The summed E-state index contributed by atoms with van der Waals surface area (Å²) in [6.45, 7) is 5.65. The van der Waals surface area contributed by atoms with Crippen molar-refractivity contribution >= 4 is 34.7 Å². The summed E-state index contributed by atoms with van der Waals surface area (Å²) in [7, 11) is 0. The number of aryl methyl sites for hydroxylation is 1. The topological polar surface area (TPSA) is 45.2 Å². The van der Waals surface area contributed by atoms with Crippen LogP contribution in [0.2, 0.25) is 0 Å². The zero-order valence-electron chi connectivity index (χ0n) is 15.7. The van der Waals surface area contributed by atoms with Crippen molar-refractivity contribution in [3.63, 3.8) is 0 Å². The highest BCUT2D eigenvalue weighted by atomic mass is 32.1. The third-order valence-corrected chi connectivity index (χ3v) is 6.67. The first-order valence-electron chi connectivity index (χ1n) is 9.80. The third-order valence-electron chi connectivity index (χ3n) is 5.99. The molecular weight excluding hydrogens is 366 g/mol. The first-order valence-corrected chi connectivity index (χ1v) is 10.7. The lowest BCUT2D eigenvalue weighted by Gasteiger charge is -2.19. The van der Waals surface area contributed by atoms with Gasteiger partial charge in [-0.05, 0) is 82.3 Å². The Morgan fingerprint density at radius 3 is 3.11 bits per heavy atom. The molecule has 4 heterocycles. The van der Waals surface area contributed by atoms with E-state index in [1.54, 1.807) is 17.4 Å². The van der Waals surface area contributed by atoms with Crippen LogP contribution in [0.1, 0.15) is 29.5 Å². The van der Waals surface area contributed by atoms with Crippen molar-refractivity contribution in [1.82, 2.24) is 9.88 Å². The first kappa shape index (κ1) is 17.4. The van der Waals surface area contributed by atoms with Crippen LogP contribution in [0.5, 0.6) is 0 Å². The SMILES string of the molecule is C=C1CCc2cc(/C=C/C(=O)N3C[C@H]4CC(c5ccsc5)=C[C@H]4C3)cnc2N1. The smallest absolute Gasteiger partial charge is 0.246 e. The maximum absolute atomic E-state index is 12.7. The van der Waals surface area contributed by atoms with E-state index >= 15 is 0 Å². The molecule has 1 aliphatic carbocycles. The summed E-state index contributed by atoms with van der Waals surface area (Å²) in [5.41, 5.74) is 5.98. The monoisotopic (exact) mass is 389 g/mol. The van der Waals surface area contributed by atoms with Crippen LogP contribution in [0, 0.1) is 11.8 Å². The Bertz CT molecular complexity index is 989. The fraction of sp³-hybridized carbons (Fsp3) is 0.304. The number of anilines is 1. The van der Waals surface area contributed by atoms with Gasteiger partial charge in [0.15, 0.2) is 0 Å². The van der Waals surface area contributed by atoms with Crippen molar-refractivity contribution in [2.45, 2.75) is 19.3 Å². The number of nitrogens with one attached hydrogen (secondary N) is 1. The number of aromatic nitrogens is 1. The molecule has 0 bridgehead atoms. The molecule has 0 radical (unpaired) electrons. The van der Waals surface area contributed by atoms with Crippen molar-refractivity contribution in [3.8, 4) is 0 Å². The van der Waals surface area contributed by atoms with Crippen molar-refractivity contribution < 1.29 is 4.79 Å². The molecule has 3 aliphatic rings. The van der Waals surface area contributed by atoms with E-state index in [1.807, 2.05) is 17.2 Å². The van der Waals surface area contributed by atoms with Gasteiger partial charge in [-0.2, -0.15) is 11.3 Å². The van der Waals surface area contributed by atoms with Crippen molar-refractivity contribution in [3.05, 3.63) is 70.2 Å². The Morgan fingerprint density at radius 2 is 2.29 bits per heavy atom. The summed E-state index contributed by atoms with van der Waals surface area (Å²) >= 11 is 1.75. The van der Waals surface area contributed by atoms with Crippen LogP contribution in [0.15, 0.2) is 53.5 Å². The third kappa shape index (κ3) is 3.31. The number of rotatable bonds is 3. The molecule has 4 nitrogen and oxygen atoms in total. The number of fused-ring (bicyclic) bond motifs is 2. The van der Waals surface area contributed by atoms with E-state index in [0.717, 1.165) is 49.4 Å². The molecule has 2 aliphatic heterocycles. The van der Waals surface area contributed by atoms with E-state index in [9.17, 15) is 4.79 Å². The Hall–Kier alpha value is -2.66. The van der Waals surface area contributed by atoms with Crippen LogP contribution >= 0.6 is 11.3 Å². The Labute approximate surface area is 169 Å². The molecule has 5 rings (SSSR count). The quantitative estimate of drug-likeness (QED) is 0.781. The van der Waals surface area contributed by atoms with E-state index in [2.05, 4.69) is 45.8 Å². The molecule has 28 heavy (non-hydrogen) atoms. The van der Waals surface area contributed by atoms with Gasteiger partial charge in [-0.3, -0.25) is 4.79 Å². The molecule has 0 aromatic carbocycles. The van der Waals surface area contributed by atoms with E-state index in [1.165, 1.54) is 16.7 Å². The number of nitrogens with zero attached hydrogens (tertiary/aromatic N) is 2. The molecule has 2 atom stereocenters. The molecule has 5 heteroatoms. The highest BCUT2D eigenvalue weighted by molar-refractivity contribution is 7.08. The summed E-state index contributed by atoms with van der Waals surface area (Å²) < 4.78 is 0. The fourth-order valence-electron chi connectivity index (χ4n) is 4.46. The minimum absolute atomic E-state index is 0.101. The summed E-state index contributed by atoms with van der Waals surface area (Å²) in [5.74, 6) is 2.05. The predicted molar refractivity (Wildman–Crippen MR) is 115 cm³/mol. The van der Waals surface area contributed by atoms with Gasteiger partial charge in [-0.1, -0.05) is 12.7 Å². The molecule has 0 unspecified atom stereocenters. The first-order chi connectivity index (χ1) is 13.7.